The summed E-state index contributed by atoms with van der Waals surface area (Å²) in [4.78, 5) is 21.0. The number of ether oxygens (including phenoxy) is 1. The minimum absolute atomic E-state index is 0.0911. The molecule has 1 saturated heterocycles. The van der Waals surface area contributed by atoms with Gasteiger partial charge in [-0.05, 0) is 38.1 Å². The van der Waals surface area contributed by atoms with Crippen LogP contribution in [0, 0.1) is 0 Å². The number of aliphatic imine (C=N–C) groups is 1. The van der Waals surface area contributed by atoms with Crippen molar-refractivity contribution in [3.63, 3.8) is 0 Å². The lowest BCUT2D eigenvalue weighted by Gasteiger charge is -2.34. The molecule has 0 radical (unpaired) electrons. The molecule has 1 amide bonds. The third kappa shape index (κ3) is 3.80. The highest BCUT2D eigenvalue weighted by molar-refractivity contribution is 6.54. The van der Waals surface area contributed by atoms with Crippen molar-refractivity contribution in [1.29, 1.82) is 0 Å². The summed E-state index contributed by atoms with van der Waals surface area (Å²) in [6, 6.07) is 12.9. The first-order valence-electron chi connectivity index (χ1n) is 9.36. The molecule has 4 rings (SSSR count). The minimum atomic E-state index is -0.0911. The van der Waals surface area contributed by atoms with E-state index in [1.54, 1.807) is 18.2 Å². The number of carbonyl (C=O) groups excluding carboxylic acids is 1. The number of hydrogen-bond acceptors (Lipinski definition) is 3. The van der Waals surface area contributed by atoms with E-state index in [0.717, 1.165) is 24.3 Å². The van der Waals surface area contributed by atoms with Crippen molar-refractivity contribution in [3.8, 4) is 0 Å². The first-order chi connectivity index (χ1) is 13.4. The molecule has 7 heteroatoms. The van der Waals surface area contributed by atoms with Gasteiger partial charge in [0.2, 0.25) is 0 Å². The number of para-hydroxylation sites is 1. The Morgan fingerprint density at radius 2 is 1.82 bits per heavy atom. The van der Waals surface area contributed by atoms with Gasteiger partial charge in [0.25, 0.3) is 5.91 Å². The van der Waals surface area contributed by atoms with Gasteiger partial charge in [-0.3, -0.25) is 9.69 Å². The summed E-state index contributed by atoms with van der Waals surface area (Å²) in [5, 5.41) is 0.879. The number of fused-ring (bicyclic) bond motifs is 1. The third-order valence-electron chi connectivity index (χ3n) is 5.04. The van der Waals surface area contributed by atoms with E-state index in [0.29, 0.717) is 28.1 Å². The van der Waals surface area contributed by atoms with Crippen LogP contribution in [0.5, 0.6) is 0 Å². The molecule has 146 valence electrons. The number of rotatable bonds is 3. The summed E-state index contributed by atoms with van der Waals surface area (Å²) in [5.41, 5.74) is 2.77. The smallest absolute Gasteiger partial charge is 0.281 e. The summed E-state index contributed by atoms with van der Waals surface area (Å²) in [6.07, 6.45) is 0.354. The highest BCUT2D eigenvalue weighted by atomic mass is 35.5. The Morgan fingerprint density at radius 1 is 1.11 bits per heavy atom. The van der Waals surface area contributed by atoms with Crippen LogP contribution < -0.4 is 9.80 Å². The van der Waals surface area contributed by atoms with Crippen molar-refractivity contribution in [1.82, 2.24) is 0 Å². The van der Waals surface area contributed by atoms with Crippen molar-refractivity contribution in [2.24, 2.45) is 4.99 Å². The predicted octanol–water partition coefficient (Wildman–Crippen LogP) is 3.11. The number of morpholine rings is 1. The SMILES string of the molecule is CC1C[NH+](CN2C(=O)C(=Nc3ccc(Cl)c(Cl)c3)c3ccccc32)CC(C)O1. The number of carbonyl (C=O) groups is 1. The molecular formula is C21H22Cl2N3O2+. The second-order valence-corrected chi connectivity index (χ2v) is 8.20. The van der Waals surface area contributed by atoms with Gasteiger partial charge in [-0.25, -0.2) is 4.99 Å². The topological polar surface area (TPSA) is 46.3 Å². The van der Waals surface area contributed by atoms with E-state index in [-0.39, 0.29) is 18.1 Å². The van der Waals surface area contributed by atoms with Gasteiger partial charge in [0, 0.05) is 5.56 Å². The van der Waals surface area contributed by atoms with E-state index in [2.05, 4.69) is 18.8 Å². The average molecular weight is 419 g/mol. The maximum absolute atomic E-state index is 13.2. The molecule has 5 nitrogen and oxygen atoms in total. The number of nitrogens with zero attached hydrogens (tertiary/aromatic N) is 2. The molecule has 2 heterocycles. The summed E-state index contributed by atoms with van der Waals surface area (Å²) in [7, 11) is 0. The van der Waals surface area contributed by atoms with Crippen LogP contribution in [0.4, 0.5) is 11.4 Å². The molecule has 2 aromatic carbocycles. The van der Waals surface area contributed by atoms with E-state index in [1.165, 1.54) is 4.90 Å². The molecule has 2 aromatic rings. The number of amides is 1. The lowest BCUT2D eigenvalue weighted by molar-refractivity contribution is -0.913. The molecular weight excluding hydrogens is 397 g/mol. The fourth-order valence-corrected chi connectivity index (χ4v) is 4.24. The molecule has 2 unspecified atom stereocenters. The summed E-state index contributed by atoms with van der Waals surface area (Å²) in [6.45, 7) is 6.48. The van der Waals surface area contributed by atoms with Gasteiger partial charge in [-0.15, -0.1) is 0 Å². The van der Waals surface area contributed by atoms with E-state index < -0.39 is 0 Å². The molecule has 1 N–H and O–H groups in total. The fraction of sp³-hybridized carbons (Fsp3) is 0.333. The van der Waals surface area contributed by atoms with E-state index in [1.807, 2.05) is 29.2 Å². The zero-order chi connectivity index (χ0) is 19.8. The van der Waals surface area contributed by atoms with Crippen LogP contribution in [0.1, 0.15) is 19.4 Å². The fourth-order valence-electron chi connectivity index (χ4n) is 3.95. The Hall–Kier alpha value is -1.92. The number of quaternary nitrogens is 1. The van der Waals surface area contributed by atoms with Crippen LogP contribution in [0.3, 0.4) is 0 Å². The Labute approximate surface area is 174 Å². The highest BCUT2D eigenvalue weighted by Crippen LogP contribution is 2.32. The average Bonchev–Trinajstić information content (AvgIpc) is 2.90. The Kier molecular flexibility index (Phi) is 5.43. The molecule has 0 aliphatic carbocycles. The number of hydrogen-bond donors (Lipinski definition) is 1. The first-order valence-corrected chi connectivity index (χ1v) is 10.1. The Balaban J connectivity index is 1.66. The van der Waals surface area contributed by atoms with Crippen molar-refractivity contribution >= 4 is 46.2 Å². The second kappa shape index (κ2) is 7.84. The lowest BCUT2D eigenvalue weighted by Crippen LogP contribution is -3.17. The van der Waals surface area contributed by atoms with Gasteiger partial charge in [-0.1, -0.05) is 41.4 Å². The van der Waals surface area contributed by atoms with Gasteiger partial charge in [-0.2, -0.15) is 0 Å². The molecule has 28 heavy (non-hydrogen) atoms. The molecule has 0 bridgehead atoms. The van der Waals surface area contributed by atoms with E-state index in [9.17, 15) is 4.79 Å². The maximum atomic E-state index is 13.2. The number of nitrogens with one attached hydrogen (secondary N) is 1. The van der Waals surface area contributed by atoms with Crippen molar-refractivity contribution in [3.05, 3.63) is 58.1 Å². The van der Waals surface area contributed by atoms with Crippen LogP contribution in [0.25, 0.3) is 0 Å². The number of benzene rings is 2. The van der Waals surface area contributed by atoms with Crippen LogP contribution in [0.2, 0.25) is 10.0 Å². The van der Waals surface area contributed by atoms with Crippen LogP contribution in [0.15, 0.2) is 47.5 Å². The van der Waals surface area contributed by atoms with Gasteiger partial charge >= 0.3 is 0 Å². The quantitative estimate of drug-likeness (QED) is 0.831. The zero-order valence-corrected chi connectivity index (χ0v) is 17.3. The molecule has 0 aromatic heterocycles. The van der Waals surface area contributed by atoms with Gasteiger partial charge < -0.3 is 9.64 Å². The monoisotopic (exact) mass is 418 g/mol. The van der Waals surface area contributed by atoms with Crippen LogP contribution >= 0.6 is 23.2 Å². The molecule has 0 spiro atoms. The molecule has 2 aliphatic rings. The molecule has 1 fully saturated rings. The van der Waals surface area contributed by atoms with Crippen LogP contribution in [-0.2, 0) is 9.53 Å². The van der Waals surface area contributed by atoms with Crippen LogP contribution in [-0.4, -0.2) is 43.6 Å². The normalized spacial score (nSPS) is 26.0. The minimum Gasteiger partial charge on any atom is -0.364 e. The van der Waals surface area contributed by atoms with E-state index in [4.69, 9.17) is 27.9 Å². The van der Waals surface area contributed by atoms with Gasteiger partial charge in [0.05, 0.1) is 21.4 Å². The summed E-state index contributed by atoms with van der Waals surface area (Å²) in [5.74, 6) is -0.0911. The standard InChI is InChI=1S/C21H21Cl2N3O2/c1-13-10-25(11-14(2)28-13)12-26-19-6-4-3-5-16(19)20(21(26)27)24-15-7-8-17(22)18(23)9-15/h3-9,13-14H,10-12H2,1-2H3/p+1. The zero-order valence-electron chi connectivity index (χ0n) is 15.8. The number of anilines is 1. The number of halogens is 2. The third-order valence-corrected chi connectivity index (χ3v) is 5.78. The highest BCUT2D eigenvalue weighted by Gasteiger charge is 2.37. The molecule has 2 aliphatic heterocycles. The van der Waals surface area contributed by atoms with E-state index >= 15 is 0 Å². The first kappa shape index (κ1) is 19.4. The van der Waals surface area contributed by atoms with Crippen molar-refractivity contribution < 1.29 is 14.4 Å². The molecule has 0 saturated carbocycles. The molecule has 2 atom stereocenters. The summed E-state index contributed by atoms with van der Waals surface area (Å²) < 4.78 is 5.83. The van der Waals surface area contributed by atoms with Gasteiger partial charge in [0.15, 0.2) is 6.67 Å². The second-order valence-electron chi connectivity index (χ2n) is 7.38. The largest absolute Gasteiger partial charge is 0.364 e. The predicted molar refractivity (Wildman–Crippen MR) is 112 cm³/mol. The van der Waals surface area contributed by atoms with Crippen molar-refractivity contribution in [2.45, 2.75) is 26.1 Å². The maximum Gasteiger partial charge on any atom is 0.281 e. The summed E-state index contributed by atoms with van der Waals surface area (Å²) >= 11 is 12.1. The Bertz CT molecular complexity index is 937. The van der Waals surface area contributed by atoms with Gasteiger partial charge in [0.1, 0.15) is 31.0 Å². The lowest BCUT2D eigenvalue weighted by atomic mass is 10.1. The van der Waals surface area contributed by atoms with Crippen molar-refractivity contribution in [2.75, 3.05) is 24.7 Å². The Morgan fingerprint density at radius 3 is 2.54 bits per heavy atom.